The maximum Gasteiger partial charge on any atom is 0.220 e. The number of amides is 1. The van der Waals surface area contributed by atoms with Crippen molar-refractivity contribution < 1.29 is 89.4 Å². The van der Waals surface area contributed by atoms with Crippen LogP contribution in [0.2, 0.25) is 0 Å². The molecule has 0 aliphatic carbocycles. The van der Waals surface area contributed by atoms with Crippen LogP contribution in [0.3, 0.4) is 0 Å². The van der Waals surface area contributed by atoms with E-state index in [9.17, 15) is 61.0 Å². The lowest BCUT2D eigenvalue weighted by atomic mass is 9.96. The van der Waals surface area contributed by atoms with Crippen LogP contribution in [0.25, 0.3) is 0 Å². The number of allylic oxidation sites excluding steroid dienone is 5. The van der Waals surface area contributed by atoms with E-state index in [4.69, 9.17) is 28.4 Å². The van der Waals surface area contributed by atoms with Crippen LogP contribution in [0.1, 0.15) is 187 Å². The maximum absolute atomic E-state index is 13.3. The molecule has 0 aromatic rings. The minimum Gasteiger partial charge on any atom is -0.394 e. The van der Waals surface area contributed by atoms with Gasteiger partial charge in [-0.1, -0.05) is 159 Å². The van der Waals surface area contributed by atoms with Crippen LogP contribution >= 0.6 is 0 Å². The van der Waals surface area contributed by atoms with Gasteiger partial charge in [-0.05, 0) is 57.8 Å². The van der Waals surface area contributed by atoms with E-state index in [1.807, 2.05) is 6.08 Å². The standard InChI is InChI=1S/C57H103NO18/c1-3-5-7-9-11-13-15-17-19-20-21-22-24-26-28-30-32-34-41(62)40(58-45(63)35-33-31-29-27-25-23-18-16-14-12-10-8-6-4-2)39-71-55-51(69)48(66)53(43(37-60)73-55)76-57-52(70)49(67)54(44(38-61)74-57)75-56-50(68)47(65)46(64)42(36-59)72-56/h16,18,24,26,32,34,40-44,46-57,59-62,64-70H,3-15,17,19-23,25,27-31,33,35-39H2,1-2H3,(H,58,63)/b18-16-,26-24+,34-32+. The van der Waals surface area contributed by atoms with Gasteiger partial charge >= 0.3 is 0 Å². The lowest BCUT2D eigenvalue weighted by Crippen LogP contribution is -2.66. The van der Waals surface area contributed by atoms with Crippen molar-refractivity contribution in [1.82, 2.24) is 5.32 Å². The van der Waals surface area contributed by atoms with Crippen molar-refractivity contribution >= 4 is 5.91 Å². The molecule has 3 rings (SSSR count). The van der Waals surface area contributed by atoms with Gasteiger partial charge in [0.15, 0.2) is 18.9 Å². The first-order valence-corrected chi connectivity index (χ1v) is 29.2. The number of hydrogen-bond donors (Lipinski definition) is 12. The summed E-state index contributed by atoms with van der Waals surface area (Å²) in [5.41, 5.74) is 0. The number of aliphatic hydroxyl groups is 11. The summed E-state index contributed by atoms with van der Waals surface area (Å²) in [5.74, 6) is -0.296. The highest BCUT2D eigenvalue weighted by Gasteiger charge is 2.53. The van der Waals surface area contributed by atoms with Crippen LogP contribution in [0.4, 0.5) is 0 Å². The molecule has 17 unspecified atom stereocenters. The van der Waals surface area contributed by atoms with Gasteiger partial charge in [-0.25, -0.2) is 0 Å². The van der Waals surface area contributed by atoms with E-state index in [-0.39, 0.29) is 18.9 Å². The molecule has 3 aliphatic heterocycles. The van der Waals surface area contributed by atoms with Gasteiger partial charge in [0, 0.05) is 6.42 Å². The van der Waals surface area contributed by atoms with Crippen molar-refractivity contribution in [3.8, 4) is 0 Å². The minimum atomic E-state index is -1.98. The molecule has 12 N–H and O–H groups in total. The Morgan fingerprint density at radius 1 is 0.461 bits per heavy atom. The third-order valence-electron chi connectivity index (χ3n) is 14.7. The van der Waals surface area contributed by atoms with Gasteiger partial charge in [-0.3, -0.25) is 4.79 Å². The second kappa shape index (κ2) is 41.1. The Kier molecular flexibility index (Phi) is 36.9. The number of rotatable bonds is 42. The van der Waals surface area contributed by atoms with Crippen molar-refractivity contribution in [3.05, 3.63) is 36.5 Å². The Bertz CT molecular complexity index is 1540. The van der Waals surface area contributed by atoms with Gasteiger partial charge in [-0.15, -0.1) is 0 Å². The second-order valence-corrected chi connectivity index (χ2v) is 21.1. The lowest BCUT2D eigenvalue weighted by molar-refractivity contribution is -0.379. The van der Waals surface area contributed by atoms with Crippen molar-refractivity contribution in [1.29, 1.82) is 0 Å². The second-order valence-electron chi connectivity index (χ2n) is 21.1. The van der Waals surface area contributed by atoms with E-state index in [2.05, 4.69) is 43.5 Å². The Labute approximate surface area is 453 Å². The average molecular weight is 1090 g/mol. The average Bonchev–Trinajstić information content (AvgIpc) is 3.42. The summed E-state index contributed by atoms with van der Waals surface area (Å²) >= 11 is 0. The number of carbonyl (C=O) groups excluding carboxylic acids is 1. The highest BCUT2D eigenvalue weighted by atomic mass is 16.8. The van der Waals surface area contributed by atoms with Gasteiger partial charge in [-0.2, -0.15) is 0 Å². The SMILES string of the molecule is CCCCCCC/C=C\CCCCCCCC(=O)NC(COC1OC(CO)C(OC2OC(CO)C(OC3OC(CO)C(O)C(O)C3O)C(O)C2O)C(O)C1O)C(O)/C=C/CC/C=C/CCCCCCCCCCCCC. The van der Waals surface area contributed by atoms with E-state index in [0.29, 0.717) is 12.8 Å². The molecule has 1 amide bonds. The number of ether oxygens (including phenoxy) is 6. The van der Waals surface area contributed by atoms with E-state index in [1.54, 1.807) is 6.08 Å². The zero-order valence-electron chi connectivity index (χ0n) is 46.0. The van der Waals surface area contributed by atoms with E-state index in [0.717, 1.165) is 57.8 Å². The molecule has 17 atom stereocenters. The molecule has 19 nitrogen and oxygen atoms in total. The zero-order chi connectivity index (χ0) is 55.5. The first kappa shape index (κ1) is 68.3. The first-order valence-electron chi connectivity index (χ1n) is 29.2. The zero-order valence-corrected chi connectivity index (χ0v) is 46.0. The first-order chi connectivity index (χ1) is 36.8. The quantitative estimate of drug-likeness (QED) is 0.0295. The molecule has 0 radical (unpaired) electrons. The summed E-state index contributed by atoms with van der Waals surface area (Å²) < 4.78 is 34.2. The number of carbonyl (C=O) groups is 1. The summed E-state index contributed by atoms with van der Waals surface area (Å²) in [6.07, 6.45) is 15.6. The highest BCUT2D eigenvalue weighted by Crippen LogP contribution is 2.33. The maximum atomic E-state index is 13.3. The van der Waals surface area contributed by atoms with Gasteiger partial charge < -0.3 is 89.9 Å². The fourth-order valence-electron chi connectivity index (χ4n) is 9.79. The summed E-state index contributed by atoms with van der Waals surface area (Å²) in [6, 6.07) is -0.992. The molecule has 3 fully saturated rings. The molecule has 19 heteroatoms. The minimum absolute atomic E-state index is 0.225. The fraction of sp³-hybridized carbons (Fsp3) is 0.877. The van der Waals surface area contributed by atoms with E-state index >= 15 is 0 Å². The summed E-state index contributed by atoms with van der Waals surface area (Å²) in [6.45, 7) is 1.67. The number of nitrogens with one attached hydrogen (secondary N) is 1. The van der Waals surface area contributed by atoms with Crippen LogP contribution < -0.4 is 5.32 Å². The van der Waals surface area contributed by atoms with Crippen LogP contribution in [-0.4, -0.2) is 193 Å². The monoisotopic (exact) mass is 1090 g/mol. The third kappa shape index (κ3) is 25.2. The van der Waals surface area contributed by atoms with Crippen LogP contribution in [0, 0.1) is 0 Å². The topological polar surface area (TPSA) is 307 Å². The summed E-state index contributed by atoms with van der Waals surface area (Å²) in [7, 11) is 0. The smallest absolute Gasteiger partial charge is 0.220 e. The molecule has 0 bridgehead atoms. The predicted molar refractivity (Wildman–Crippen MR) is 286 cm³/mol. The van der Waals surface area contributed by atoms with Crippen molar-refractivity contribution in [2.24, 2.45) is 0 Å². The van der Waals surface area contributed by atoms with Gasteiger partial charge in [0.1, 0.15) is 73.2 Å². The summed E-state index contributed by atoms with van der Waals surface area (Å²) in [4.78, 5) is 13.3. The van der Waals surface area contributed by atoms with E-state index < -0.39 is 124 Å². The Morgan fingerprint density at radius 3 is 1.32 bits per heavy atom. The molecule has 3 heterocycles. The van der Waals surface area contributed by atoms with Gasteiger partial charge in [0.2, 0.25) is 5.91 Å². The molecule has 444 valence electrons. The molecular formula is C57H103NO18. The van der Waals surface area contributed by atoms with Crippen LogP contribution in [0.5, 0.6) is 0 Å². The Balaban J connectivity index is 1.54. The molecular weight excluding hydrogens is 987 g/mol. The van der Waals surface area contributed by atoms with Crippen molar-refractivity contribution in [3.63, 3.8) is 0 Å². The molecule has 0 saturated carbocycles. The molecule has 76 heavy (non-hydrogen) atoms. The van der Waals surface area contributed by atoms with E-state index in [1.165, 1.54) is 96.3 Å². The Hall–Kier alpha value is -1.99. The van der Waals surface area contributed by atoms with Crippen molar-refractivity contribution in [2.45, 2.75) is 291 Å². The highest BCUT2D eigenvalue weighted by molar-refractivity contribution is 5.76. The van der Waals surface area contributed by atoms with Crippen LogP contribution in [0.15, 0.2) is 36.5 Å². The van der Waals surface area contributed by atoms with Gasteiger partial charge in [0.05, 0.1) is 38.6 Å². The normalized spacial score (nSPS) is 31.2. The van der Waals surface area contributed by atoms with Crippen molar-refractivity contribution in [2.75, 3.05) is 26.4 Å². The Morgan fingerprint density at radius 2 is 0.842 bits per heavy atom. The molecule has 0 aromatic carbocycles. The predicted octanol–water partition coefficient (Wildman–Crippen LogP) is 4.54. The fourth-order valence-corrected chi connectivity index (χ4v) is 9.79. The molecule has 0 aromatic heterocycles. The third-order valence-corrected chi connectivity index (χ3v) is 14.7. The summed E-state index contributed by atoms with van der Waals surface area (Å²) in [5, 5.41) is 120. The number of aliphatic hydroxyl groups excluding tert-OH is 11. The van der Waals surface area contributed by atoms with Crippen LogP contribution in [-0.2, 0) is 33.2 Å². The lowest BCUT2D eigenvalue weighted by Gasteiger charge is -2.48. The molecule has 3 saturated heterocycles. The largest absolute Gasteiger partial charge is 0.394 e. The number of unbranched alkanes of at least 4 members (excludes halogenated alkanes) is 22. The van der Waals surface area contributed by atoms with Gasteiger partial charge in [0.25, 0.3) is 0 Å². The molecule has 0 spiro atoms. The number of hydrogen-bond acceptors (Lipinski definition) is 18. The molecule has 3 aliphatic rings.